The molecule has 0 aliphatic rings. The fourth-order valence-corrected chi connectivity index (χ4v) is 2.65. The minimum Gasteiger partial charge on any atom is -0.361 e. The van der Waals surface area contributed by atoms with Crippen molar-refractivity contribution in [1.29, 1.82) is 0 Å². The molecule has 0 saturated carbocycles. The van der Waals surface area contributed by atoms with Crippen LogP contribution in [0.25, 0.3) is 11.4 Å². The van der Waals surface area contributed by atoms with Crippen molar-refractivity contribution in [3.8, 4) is 11.4 Å². The molecule has 0 radical (unpaired) electrons. The van der Waals surface area contributed by atoms with Crippen LogP contribution in [0.1, 0.15) is 22.6 Å². The minimum absolute atomic E-state index is 0.215. The molecule has 0 amide bonds. The average Bonchev–Trinajstić information content (AvgIpc) is 3.08. The van der Waals surface area contributed by atoms with E-state index in [-0.39, 0.29) is 5.56 Å². The lowest BCUT2D eigenvalue weighted by Gasteiger charge is -2.10. The zero-order valence-electron chi connectivity index (χ0n) is 13.3. The van der Waals surface area contributed by atoms with Crippen molar-refractivity contribution in [3.05, 3.63) is 59.2 Å². The van der Waals surface area contributed by atoms with Gasteiger partial charge < -0.3 is 9.09 Å². The number of halogens is 3. The first-order chi connectivity index (χ1) is 11.3. The van der Waals surface area contributed by atoms with Gasteiger partial charge in [0, 0.05) is 23.5 Å². The number of aromatic nitrogens is 3. The largest absolute Gasteiger partial charge is 0.393 e. The zero-order chi connectivity index (χ0) is 17.3. The minimum atomic E-state index is -4.23. The summed E-state index contributed by atoms with van der Waals surface area (Å²) in [7, 11) is 0. The van der Waals surface area contributed by atoms with E-state index in [2.05, 4.69) is 10.1 Å². The highest BCUT2D eigenvalue weighted by Crippen LogP contribution is 2.26. The van der Waals surface area contributed by atoms with Gasteiger partial charge in [-0.2, -0.15) is 13.2 Å². The van der Waals surface area contributed by atoms with Gasteiger partial charge in [0.2, 0.25) is 0 Å². The summed E-state index contributed by atoms with van der Waals surface area (Å²) in [6.45, 7) is 4.18. The van der Waals surface area contributed by atoms with E-state index in [1.165, 1.54) is 12.1 Å². The summed E-state index contributed by atoms with van der Waals surface area (Å²) in [5.74, 6) is 1.33. The van der Waals surface area contributed by atoms with E-state index in [1.54, 1.807) is 24.5 Å². The summed E-state index contributed by atoms with van der Waals surface area (Å²) in [6, 6.07) is 6.37. The molecule has 0 spiro atoms. The van der Waals surface area contributed by atoms with Crippen LogP contribution < -0.4 is 0 Å². The summed E-state index contributed by atoms with van der Waals surface area (Å²) in [6.07, 6.45) is -1.77. The van der Waals surface area contributed by atoms with Gasteiger partial charge in [0.05, 0.1) is 18.7 Å². The van der Waals surface area contributed by atoms with Crippen LogP contribution in [-0.4, -0.2) is 20.9 Å². The Morgan fingerprint density at radius 2 is 2.00 bits per heavy atom. The van der Waals surface area contributed by atoms with Gasteiger partial charge in [0.1, 0.15) is 11.6 Å². The van der Waals surface area contributed by atoms with E-state index in [0.717, 1.165) is 17.0 Å². The highest BCUT2D eigenvalue weighted by atomic mass is 19.4. The molecule has 2 aromatic heterocycles. The van der Waals surface area contributed by atoms with Gasteiger partial charge in [-0.05, 0) is 25.5 Å². The first kappa shape index (κ1) is 16.3. The Balaban J connectivity index is 1.92. The van der Waals surface area contributed by atoms with E-state index >= 15 is 0 Å². The zero-order valence-corrected chi connectivity index (χ0v) is 13.3. The molecule has 0 atom stereocenters. The SMILES string of the molecule is Cc1noc(C)c1Cn1ccnc1-c1cccc(CC(F)(F)F)c1. The molecule has 24 heavy (non-hydrogen) atoms. The summed E-state index contributed by atoms with van der Waals surface area (Å²) < 4.78 is 44.8. The second-order valence-corrected chi connectivity index (χ2v) is 5.67. The molecule has 0 bridgehead atoms. The van der Waals surface area contributed by atoms with E-state index in [0.29, 0.717) is 17.9 Å². The van der Waals surface area contributed by atoms with E-state index in [9.17, 15) is 13.2 Å². The van der Waals surface area contributed by atoms with E-state index < -0.39 is 12.6 Å². The van der Waals surface area contributed by atoms with Crippen LogP contribution >= 0.6 is 0 Å². The first-order valence-electron chi connectivity index (χ1n) is 7.42. The second-order valence-electron chi connectivity index (χ2n) is 5.67. The third-order valence-corrected chi connectivity index (χ3v) is 3.81. The van der Waals surface area contributed by atoms with Crippen LogP contribution in [0.3, 0.4) is 0 Å². The summed E-state index contributed by atoms with van der Waals surface area (Å²) >= 11 is 0. The second kappa shape index (κ2) is 6.14. The highest BCUT2D eigenvalue weighted by Gasteiger charge is 2.27. The Labute approximate surface area is 136 Å². The summed E-state index contributed by atoms with van der Waals surface area (Å²) in [5, 5.41) is 3.92. The molecular weight excluding hydrogens is 319 g/mol. The topological polar surface area (TPSA) is 43.9 Å². The van der Waals surface area contributed by atoms with Crippen LogP contribution in [0.4, 0.5) is 13.2 Å². The maximum Gasteiger partial charge on any atom is 0.393 e. The molecule has 3 rings (SSSR count). The van der Waals surface area contributed by atoms with Gasteiger partial charge >= 0.3 is 6.18 Å². The molecule has 1 aromatic carbocycles. The maximum atomic E-state index is 12.6. The normalized spacial score (nSPS) is 11.9. The molecule has 3 aromatic rings. The molecule has 7 heteroatoms. The number of hydrogen-bond donors (Lipinski definition) is 0. The first-order valence-corrected chi connectivity index (χ1v) is 7.42. The van der Waals surface area contributed by atoms with Gasteiger partial charge in [0.15, 0.2) is 0 Å². The van der Waals surface area contributed by atoms with Crippen LogP contribution in [0, 0.1) is 13.8 Å². The lowest BCUT2D eigenvalue weighted by atomic mass is 10.1. The predicted molar refractivity (Wildman–Crippen MR) is 82.5 cm³/mol. The quantitative estimate of drug-likeness (QED) is 0.714. The van der Waals surface area contributed by atoms with Crippen molar-refractivity contribution in [2.24, 2.45) is 0 Å². The van der Waals surface area contributed by atoms with Crippen molar-refractivity contribution in [2.75, 3.05) is 0 Å². The van der Waals surface area contributed by atoms with Crippen molar-refractivity contribution < 1.29 is 17.7 Å². The van der Waals surface area contributed by atoms with Gasteiger partial charge in [-0.15, -0.1) is 0 Å². The third-order valence-electron chi connectivity index (χ3n) is 3.81. The molecule has 126 valence electrons. The van der Waals surface area contributed by atoms with Crippen molar-refractivity contribution in [3.63, 3.8) is 0 Å². The van der Waals surface area contributed by atoms with Crippen molar-refractivity contribution in [1.82, 2.24) is 14.7 Å². The van der Waals surface area contributed by atoms with Gasteiger partial charge in [-0.25, -0.2) is 4.98 Å². The monoisotopic (exact) mass is 335 g/mol. The number of hydrogen-bond acceptors (Lipinski definition) is 3. The molecule has 0 aliphatic heterocycles. The fraction of sp³-hybridized carbons (Fsp3) is 0.294. The number of benzene rings is 1. The number of aryl methyl sites for hydroxylation is 2. The summed E-state index contributed by atoms with van der Waals surface area (Å²) in [5.41, 5.74) is 2.60. The standard InChI is InChI=1S/C17H16F3N3O/c1-11-15(12(2)24-22-11)10-23-7-6-21-16(23)14-5-3-4-13(8-14)9-17(18,19)20/h3-8H,9-10H2,1-2H3. The van der Waals surface area contributed by atoms with E-state index in [1.807, 2.05) is 18.4 Å². The van der Waals surface area contributed by atoms with Crippen LogP contribution in [0.5, 0.6) is 0 Å². The fourth-order valence-electron chi connectivity index (χ4n) is 2.65. The predicted octanol–water partition coefficient (Wildman–Crippen LogP) is 4.31. The number of alkyl halides is 3. The smallest absolute Gasteiger partial charge is 0.361 e. The Morgan fingerprint density at radius 3 is 2.67 bits per heavy atom. The Morgan fingerprint density at radius 1 is 1.21 bits per heavy atom. The van der Waals surface area contributed by atoms with Gasteiger partial charge in [-0.1, -0.05) is 23.4 Å². The molecule has 0 unspecified atom stereocenters. The van der Waals surface area contributed by atoms with Crippen LogP contribution in [0.2, 0.25) is 0 Å². The molecule has 0 saturated heterocycles. The average molecular weight is 335 g/mol. The Bertz CT molecular complexity index is 829. The van der Waals surface area contributed by atoms with Gasteiger partial charge in [0.25, 0.3) is 0 Å². The molecule has 4 nitrogen and oxygen atoms in total. The molecule has 0 aliphatic carbocycles. The lowest BCUT2D eigenvalue weighted by Crippen LogP contribution is -2.11. The molecular formula is C17H16F3N3O. The molecule has 0 fully saturated rings. The van der Waals surface area contributed by atoms with Crippen molar-refractivity contribution in [2.45, 2.75) is 33.0 Å². The van der Waals surface area contributed by atoms with Gasteiger partial charge in [-0.3, -0.25) is 0 Å². The number of rotatable bonds is 4. The third kappa shape index (κ3) is 3.50. The molecule has 0 N–H and O–H groups in total. The number of imidazole rings is 1. The molecule has 2 heterocycles. The van der Waals surface area contributed by atoms with Crippen molar-refractivity contribution >= 4 is 0 Å². The lowest BCUT2D eigenvalue weighted by molar-refractivity contribution is -0.127. The Kier molecular flexibility index (Phi) is 4.17. The van der Waals surface area contributed by atoms with Crippen LogP contribution in [-0.2, 0) is 13.0 Å². The maximum absolute atomic E-state index is 12.6. The number of nitrogens with zero attached hydrogens (tertiary/aromatic N) is 3. The van der Waals surface area contributed by atoms with Crippen LogP contribution in [0.15, 0.2) is 41.2 Å². The highest BCUT2D eigenvalue weighted by molar-refractivity contribution is 5.57. The van der Waals surface area contributed by atoms with E-state index in [4.69, 9.17) is 4.52 Å². The Hall–Kier alpha value is -2.57. The summed E-state index contributed by atoms with van der Waals surface area (Å²) in [4.78, 5) is 4.29.